The molecule has 1 aromatic heterocycles. The number of carbonyl (C=O) groups is 2. The first-order valence-corrected chi connectivity index (χ1v) is 22.9. The third-order valence-corrected chi connectivity index (χ3v) is 12.5. The smallest absolute Gasteiger partial charge is 0.416 e. The molecule has 0 aliphatic heterocycles. The molecule has 0 saturated heterocycles. The summed E-state index contributed by atoms with van der Waals surface area (Å²) in [6.07, 6.45) is -50.3. The predicted molar refractivity (Wildman–Crippen MR) is 244 cm³/mol. The van der Waals surface area contributed by atoms with E-state index in [0.717, 1.165) is 4.47 Å². The monoisotopic (exact) mass is 1260 g/mol. The largest absolute Gasteiger partial charge is 0.419 e. The fraction of sp³-hybridized carbons (Fsp3) is 0.176. The number of Topliss-reactive ketones (excluding diaryl/α,β-unsaturated/α-hetero) is 1. The lowest BCUT2D eigenvalue weighted by Gasteiger charge is -2.46. The molecule has 31 heteroatoms. The van der Waals surface area contributed by atoms with Gasteiger partial charge in [0.05, 0.1) is 50.7 Å². The van der Waals surface area contributed by atoms with Crippen molar-refractivity contribution in [3.05, 3.63) is 206 Å². The maximum absolute atomic E-state index is 14.2. The molecular weight excluding hydrogens is 1240 g/mol. The van der Waals surface area contributed by atoms with Crippen LogP contribution in [0.2, 0.25) is 0 Å². The fourth-order valence-corrected chi connectivity index (χ4v) is 8.56. The number of benzene rings is 6. The van der Waals surface area contributed by atoms with E-state index in [-0.39, 0.29) is 18.0 Å². The molecule has 1 heterocycles. The predicted octanol–water partition coefficient (Wildman–Crippen LogP) is 14.4. The summed E-state index contributed by atoms with van der Waals surface area (Å²) < 4.78 is 349. The van der Waals surface area contributed by atoms with Crippen LogP contribution in [0, 0.1) is 0 Å². The standard InChI is InChI=1S/C32H12BF24.C19H14BrN2O3/c34-25(35,36)13-1-14(26(37,38)39)6-21(5-13)33(22-7-15(27(40,41)42)2-16(8-22)28(43,44)45,23-9-17(29(46,47)48)3-18(10-23)30(49,50)51)24-11-19(31(52,53)54)4-20(12-24)32(55,56)57;20-15-6-8-16(9-7-15)25-19(24)17-12-21-10-11-22(17)13-18(23)14-4-2-1-3-5-14/h1-12H;1-12H,13H2/q-1;+1. The molecule has 0 bridgehead atoms. The van der Waals surface area contributed by atoms with Crippen LogP contribution >= 0.6 is 15.9 Å². The van der Waals surface area contributed by atoms with E-state index in [1.807, 2.05) is 6.07 Å². The molecule has 0 fully saturated rings. The highest BCUT2D eigenvalue weighted by molar-refractivity contribution is 9.10. The molecule has 0 unspecified atom stereocenters. The van der Waals surface area contributed by atoms with Gasteiger partial charge in [-0.15, -0.1) is 0 Å². The highest BCUT2D eigenvalue weighted by atomic mass is 79.9. The quantitative estimate of drug-likeness (QED) is 0.0361. The Bertz CT molecular complexity index is 3040. The van der Waals surface area contributed by atoms with Gasteiger partial charge in [0.25, 0.3) is 0 Å². The van der Waals surface area contributed by atoms with Crippen LogP contribution in [0.25, 0.3) is 0 Å². The van der Waals surface area contributed by atoms with Gasteiger partial charge in [-0.2, -0.15) is 132 Å². The van der Waals surface area contributed by atoms with Crippen molar-refractivity contribution in [2.24, 2.45) is 0 Å². The minimum absolute atomic E-state index is 0.0251. The third kappa shape index (κ3) is 14.9. The minimum atomic E-state index is -6.13. The summed E-state index contributed by atoms with van der Waals surface area (Å²) in [6, 6.07) is 7.02. The Labute approximate surface area is 451 Å². The summed E-state index contributed by atoms with van der Waals surface area (Å²) in [6.45, 7) is 0.0251. The Morgan fingerprint density at radius 1 is 0.427 bits per heavy atom. The first kappa shape index (κ1) is 63.6. The van der Waals surface area contributed by atoms with Gasteiger partial charge in [0.15, 0.2) is 6.20 Å². The number of ether oxygens (including phenoxy) is 1. The molecule has 0 N–H and O–H groups in total. The lowest BCUT2D eigenvalue weighted by atomic mass is 9.12. The molecule has 82 heavy (non-hydrogen) atoms. The number of nitrogens with zero attached hydrogens (tertiary/aromatic N) is 2. The van der Waals surface area contributed by atoms with Gasteiger partial charge in [0.2, 0.25) is 12.3 Å². The highest BCUT2D eigenvalue weighted by Crippen LogP contribution is 2.41. The van der Waals surface area contributed by atoms with Crippen molar-refractivity contribution in [3.63, 3.8) is 0 Å². The highest BCUT2D eigenvalue weighted by Gasteiger charge is 2.47. The lowest BCUT2D eigenvalue weighted by Crippen LogP contribution is -2.75. The van der Waals surface area contributed by atoms with Crippen molar-refractivity contribution < 1.29 is 124 Å². The normalized spacial score (nSPS) is 13.1. The van der Waals surface area contributed by atoms with Crippen LogP contribution in [-0.4, -0.2) is 22.9 Å². The zero-order valence-corrected chi connectivity index (χ0v) is 41.3. The Morgan fingerprint density at radius 2 is 0.720 bits per heavy atom. The van der Waals surface area contributed by atoms with Crippen molar-refractivity contribution in [1.29, 1.82) is 0 Å². The van der Waals surface area contributed by atoms with Crippen LogP contribution in [0.15, 0.2) is 150 Å². The zero-order chi connectivity index (χ0) is 61.6. The van der Waals surface area contributed by atoms with Crippen molar-refractivity contribution in [3.8, 4) is 5.75 Å². The second kappa shape index (κ2) is 22.6. The maximum atomic E-state index is 14.2. The number of hydrogen-bond acceptors (Lipinski definition) is 4. The zero-order valence-electron chi connectivity index (χ0n) is 39.7. The van der Waals surface area contributed by atoms with Gasteiger partial charge in [-0.05, 0) is 48.5 Å². The van der Waals surface area contributed by atoms with E-state index in [4.69, 9.17) is 4.74 Å². The van der Waals surface area contributed by atoms with E-state index in [0.29, 0.717) is 11.3 Å². The fourth-order valence-electron chi connectivity index (χ4n) is 8.30. The number of rotatable bonds is 9. The van der Waals surface area contributed by atoms with Gasteiger partial charge < -0.3 is 4.74 Å². The van der Waals surface area contributed by atoms with Gasteiger partial charge in [-0.3, -0.25) is 9.78 Å². The van der Waals surface area contributed by atoms with Crippen LogP contribution in [0.5, 0.6) is 5.75 Å². The molecule has 7 aromatic rings. The van der Waals surface area contributed by atoms with E-state index in [2.05, 4.69) is 20.9 Å². The lowest BCUT2D eigenvalue weighted by molar-refractivity contribution is -0.686. The molecule has 6 aromatic carbocycles. The van der Waals surface area contributed by atoms with Gasteiger partial charge in [-0.25, -0.2) is 4.79 Å². The molecule has 0 spiro atoms. The van der Waals surface area contributed by atoms with Crippen LogP contribution < -0.4 is 31.2 Å². The van der Waals surface area contributed by atoms with E-state index >= 15 is 0 Å². The molecule has 0 aliphatic rings. The summed E-state index contributed by atoms with van der Waals surface area (Å²) in [5.41, 5.74) is -29.4. The number of ketones is 1. The molecule has 5 nitrogen and oxygen atoms in total. The Morgan fingerprint density at radius 3 is 1.00 bits per heavy atom. The Hall–Kier alpha value is -7.60. The number of alkyl halides is 24. The molecule has 0 aliphatic carbocycles. The molecule has 0 amide bonds. The average molecular weight is 1260 g/mol. The molecule has 0 atom stereocenters. The summed E-state index contributed by atoms with van der Waals surface area (Å²) in [5, 5.41) is 0. The van der Waals surface area contributed by atoms with Gasteiger partial charge in [0.1, 0.15) is 18.1 Å². The summed E-state index contributed by atoms with van der Waals surface area (Å²) in [5.74, 6) is -0.260. The van der Waals surface area contributed by atoms with Crippen LogP contribution in [0.3, 0.4) is 0 Å². The van der Waals surface area contributed by atoms with E-state index in [9.17, 15) is 115 Å². The third-order valence-electron chi connectivity index (χ3n) is 11.9. The molecular formula is C51H26BBrF24N2O3. The van der Waals surface area contributed by atoms with Crippen molar-refractivity contribution in [2.45, 2.75) is 56.0 Å². The summed E-state index contributed by atoms with van der Waals surface area (Å²) >= 11 is 3.33. The van der Waals surface area contributed by atoms with Crippen LogP contribution in [-0.2, 0) is 56.0 Å². The number of hydrogen-bond donors (Lipinski definition) is 0. The van der Waals surface area contributed by atoms with Crippen molar-refractivity contribution in [2.75, 3.05) is 0 Å². The number of esters is 1. The summed E-state index contributed by atoms with van der Waals surface area (Å²) in [7, 11) is 0. The number of halogens is 25. The Kier molecular flexibility index (Phi) is 17.5. The first-order valence-electron chi connectivity index (χ1n) is 22.1. The molecule has 436 valence electrons. The minimum Gasteiger partial charge on any atom is -0.419 e. The SMILES string of the molecule is FC(F)(F)c1cc([B-](c2cc(C(F)(F)F)cc(C(F)(F)F)c2)(c2cc(C(F)(F)F)cc(C(F)(F)F)c2)c2cc(C(F)(F)F)cc(C(F)(F)F)c2)cc(C(F)(F)F)c1.O=C(C[n+]1ccncc1C(=O)Oc1ccc(Br)cc1)c1ccccc1. The van der Waals surface area contributed by atoms with Gasteiger partial charge in [-0.1, -0.05) is 94.8 Å². The average Bonchev–Trinajstić information content (AvgIpc) is 2.72. The van der Waals surface area contributed by atoms with Crippen LogP contribution in [0.4, 0.5) is 105 Å². The van der Waals surface area contributed by atoms with Gasteiger partial charge in [0, 0.05) is 10.0 Å². The molecule has 0 radical (unpaired) electrons. The molecule has 7 rings (SSSR count). The van der Waals surface area contributed by atoms with Crippen molar-refractivity contribution >= 4 is 55.7 Å². The van der Waals surface area contributed by atoms with Crippen LogP contribution in [0.1, 0.15) is 65.4 Å². The second-order valence-electron chi connectivity index (χ2n) is 17.4. The second-order valence-corrected chi connectivity index (χ2v) is 18.4. The topological polar surface area (TPSA) is 60.1 Å². The van der Waals surface area contributed by atoms with E-state index in [1.165, 1.54) is 17.0 Å². The molecule has 0 saturated carbocycles. The van der Waals surface area contributed by atoms with Gasteiger partial charge >= 0.3 is 61.1 Å². The first-order chi connectivity index (χ1) is 37.4. The maximum Gasteiger partial charge on any atom is 0.416 e. The summed E-state index contributed by atoms with van der Waals surface area (Å²) in [4.78, 5) is 28.8. The van der Waals surface area contributed by atoms with E-state index in [1.54, 1.807) is 54.7 Å². The Balaban J connectivity index is 0.000000357. The number of aromatic nitrogens is 2. The van der Waals surface area contributed by atoms with E-state index < -0.39 is 201 Å². The van der Waals surface area contributed by atoms with Crippen molar-refractivity contribution in [1.82, 2.24) is 4.98 Å². The number of carbonyl (C=O) groups excluding carboxylic acids is 2.